The zero-order valence-corrected chi connectivity index (χ0v) is 15.9. The average molecular weight is 369 g/mol. The summed E-state index contributed by atoms with van der Waals surface area (Å²) >= 11 is 0. The van der Waals surface area contributed by atoms with E-state index in [1.54, 1.807) is 24.8 Å². The fourth-order valence-corrected chi connectivity index (χ4v) is 3.13. The average Bonchev–Trinajstić information content (AvgIpc) is 2.70. The van der Waals surface area contributed by atoms with Crippen LogP contribution >= 0.6 is 0 Å². The number of aromatic nitrogens is 1. The third-order valence-corrected chi connectivity index (χ3v) is 4.63. The Morgan fingerprint density at radius 1 is 1.00 bits per heavy atom. The highest BCUT2D eigenvalue weighted by Gasteiger charge is 2.32. The molecule has 0 fully saturated rings. The van der Waals surface area contributed by atoms with E-state index in [1.807, 2.05) is 56.3 Å². The highest BCUT2D eigenvalue weighted by molar-refractivity contribution is 5.87. The van der Waals surface area contributed by atoms with Crippen LogP contribution in [-0.4, -0.2) is 22.0 Å². The molecule has 6 heteroatoms. The van der Waals surface area contributed by atoms with Gasteiger partial charge in [0.15, 0.2) is 0 Å². The topological polar surface area (TPSA) is 91.3 Å². The van der Waals surface area contributed by atoms with E-state index in [0.29, 0.717) is 6.42 Å². The first-order chi connectivity index (χ1) is 12.9. The van der Waals surface area contributed by atoms with Crippen LogP contribution in [0.4, 0.5) is 0 Å². The summed E-state index contributed by atoms with van der Waals surface area (Å²) in [5, 5.41) is 12.0. The molecule has 0 unspecified atom stereocenters. The lowest BCUT2D eigenvalue weighted by Crippen LogP contribution is -2.42. The van der Waals surface area contributed by atoms with Crippen molar-refractivity contribution in [2.45, 2.75) is 33.2 Å². The minimum absolute atomic E-state index is 0.225. The fraction of sp³-hybridized carbons (Fsp3) is 0.381. The monoisotopic (exact) mass is 369 g/mol. The molecular formula is C21H27N3O3. The Bertz CT molecular complexity index is 695. The molecule has 2 amide bonds. The summed E-state index contributed by atoms with van der Waals surface area (Å²) in [7, 11) is 0. The summed E-state index contributed by atoms with van der Waals surface area (Å²) in [5.74, 6) is -1.77. The normalized spacial score (nSPS) is 14.3. The van der Waals surface area contributed by atoms with Crippen molar-refractivity contribution in [3.05, 3.63) is 66.0 Å². The fourth-order valence-electron chi connectivity index (χ4n) is 3.13. The summed E-state index contributed by atoms with van der Waals surface area (Å²) < 4.78 is 0. The van der Waals surface area contributed by atoms with Gasteiger partial charge in [0.25, 0.3) is 0 Å². The molecule has 0 saturated carbocycles. The molecule has 0 aliphatic carbocycles. The molecule has 0 radical (unpaired) electrons. The maximum Gasteiger partial charge on any atom is 0.246 e. The van der Waals surface area contributed by atoms with Crippen LogP contribution in [0.2, 0.25) is 0 Å². The summed E-state index contributed by atoms with van der Waals surface area (Å²) in [6, 6.07) is 13.0. The molecule has 3 N–H and O–H groups in total. The molecule has 0 saturated heterocycles. The van der Waals surface area contributed by atoms with Gasteiger partial charge < -0.3 is 5.32 Å². The molecule has 1 aromatic carbocycles. The number of benzene rings is 1. The number of hydrogen-bond donors (Lipinski definition) is 3. The standard InChI is InChI=1S/C21H27N3O3/c1-14(2)12-18(15(3)20(25)24-27)21(26)23-19(16-8-5-4-6-9-16)17-10-7-11-22-13-17/h4-11,13-15,18-19,27H,12H2,1-3H3,(H,23,26)(H,24,25)/t15-,18+,19+/m0/s1. The van der Waals surface area contributed by atoms with E-state index in [-0.39, 0.29) is 17.9 Å². The van der Waals surface area contributed by atoms with Crippen LogP contribution in [0, 0.1) is 17.8 Å². The van der Waals surface area contributed by atoms with E-state index in [9.17, 15) is 9.59 Å². The Hall–Kier alpha value is -2.73. The van der Waals surface area contributed by atoms with Crippen LogP contribution in [0.25, 0.3) is 0 Å². The van der Waals surface area contributed by atoms with Crippen molar-refractivity contribution in [1.29, 1.82) is 0 Å². The lowest BCUT2D eigenvalue weighted by Gasteiger charge is -2.27. The molecule has 2 aromatic rings. The third-order valence-electron chi connectivity index (χ3n) is 4.63. The number of carbonyl (C=O) groups excluding carboxylic acids is 2. The van der Waals surface area contributed by atoms with E-state index < -0.39 is 17.7 Å². The largest absolute Gasteiger partial charge is 0.345 e. The van der Waals surface area contributed by atoms with Crippen molar-refractivity contribution in [1.82, 2.24) is 15.8 Å². The molecule has 6 nitrogen and oxygen atoms in total. The summed E-state index contributed by atoms with van der Waals surface area (Å²) in [6.07, 6.45) is 3.94. The summed E-state index contributed by atoms with van der Waals surface area (Å²) in [5.41, 5.74) is 3.45. The Morgan fingerprint density at radius 2 is 1.67 bits per heavy atom. The van der Waals surface area contributed by atoms with E-state index in [2.05, 4.69) is 10.3 Å². The van der Waals surface area contributed by atoms with Crippen molar-refractivity contribution in [3.8, 4) is 0 Å². The van der Waals surface area contributed by atoms with Crippen LogP contribution in [0.1, 0.15) is 44.4 Å². The number of nitrogens with one attached hydrogen (secondary N) is 2. The lowest BCUT2D eigenvalue weighted by molar-refractivity contribution is -0.140. The molecule has 0 bridgehead atoms. The molecule has 0 aliphatic rings. The number of rotatable bonds is 8. The van der Waals surface area contributed by atoms with Crippen LogP contribution in [0.5, 0.6) is 0 Å². The van der Waals surface area contributed by atoms with Crippen molar-refractivity contribution in [3.63, 3.8) is 0 Å². The van der Waals surface area contributed by atoms with Gasteiger partial charge in [0.05, 0.1) is 6.04 Å². The Morgan fingerprint density at radius 3 is 2.22 bits per heavy atom. The van der Waals surface area contributed by atoms with E-state index >= 15 is 0 Å². The van der Waals surface area contributed by atoms with Crippen molar-refractivity contribution in [2.24, 2.45) is 17.8 Å². The minimum Gasteiger partial charge on any atom is -0.345 e. The molecule has 3 atom stereocenters. The maximum absolute atomic E-state index is 13.1. The van der Waals surface area contributed by atoms with Gasteiger partial charge >= 0.3 is 0 Å². The quantitative estimate of drug-likeness (QED) is 0.492. The van der Waals surface area contributed by atoms with Crippen LogP contribution in [-0.2, 0) is 9.59 Å². The van der Waals surface area contributed by atoms with Gasteiger partial charge in [-0.1, -0.05) is 57.2 Å². The van der Waals surface area contributed by atoms with E-state index in [1.165, 1.54) is 0 Å². The van der Waals surface area contributed by atoms with Gasteiger partial charge in [-0.2, -0.15) is 0 Å². The van der Waals surface area contributed by atoms with Gasteiger partial charge in [0.1, 0.15) is 0 Å². The highest BCUT2D eigenvalue weighted by atomic mass is 16.5. The van der Waals surface area contributed by atoms with Gasteiger partial charge in [0.2, 0.25) is 11.8 Å². The number of pyridine rings is 1. The third kappa shape index (κ3) is 5.62. The lowest BCUT2D eigenvalue weighted by atomic mass is 9.84. The number of nitrogens with zero attached hydrogens (tertiary/aromatic N) is 1. The van der Waals surface area contributed by atoms with Crippen LogP contribution in [0.15, 0.2) is 54.9 Å². The maximum atomic E-state index is 13.1. The van der Waals surface area contributed by atoms with Gasteiger partial charge in [-0.3, -0.25) is 19.8 Å². The molecule has 1 heterocycles. The predicted molar refractivity (Wildman–Crippen MR) is 103 cm³/mol. The number of carbonyl (C=O) groups is 2. The Kier molecular flexibility index (Phi) is 7.49. The van der Waals surface area contributed by atoms with Gasteiger partial charge in [0, 0.05) is 24.2 Å². The SMILES string of the molecule is CC(C)C[C@@H](C(=O)N[C@H](c1ccccc1)c1cccnc1)[C@H](C)C(=O)NO. The van der Waals surface area contributed by atoms with Gasteiger partial charge in [-0.15, -0.1) is 0 Å². The number of hydroxylamine groups is 1. The zero-order valence-electron chi connectivity index (χ0n) is 15.9. The van der Waals surface area contributed by atoms with Gasteiger partial charge in [-0.25, -0.2) is 5.48 Å². The first-order valence-corrected chi connectivity index (χ1v) is 9.13. The first-order valence-electron chi connectivity index (χ1n) is 9.13. The van der Waals surface area contributed by atoms with Gasteiger partial charge in [-0.05, 0) is 29.5 Å². The Labute approximate surface area is 160 Å². The smallest absolute Gasteiger partial charge is 0.246 e. The minimum atomic E-state index is -0.650. The van der Waals surface area contributed by atoms with Crippen molar-refractivity contribution < 1.29 is 14.8 Å². The second-order valence-electron chi connectivity index (χ2n) is 7.14. The first kappa shape index (κ1) is 20.6. The molecule has 1 aromatic heterocycles. The van der Waals surface area contributed by atoms with Crippen LogP contribution in [0.3, 0.4) is 0 Å². The molecule has 144 valence electrons. The predicted octanol–water partition coefficient (Wildman–Crippen LogP) is 3.09. The molecule has 0 aliphatic heterocycles. The van der Waals surface area contributed by atoms with Crippen molar-refractivity contribution in [2.75, 3.05) is 0 Å². The molecule has 0 spiro atoms. The van der Waals surface area contributed by atoms with E-state index in [0.717, 1.165) is 11.1 Å². The number of amides is 2. The molecule has 2 rings (SSSR count). The van der Waals surface area contributed by atoms with E-state index in [4.69, 9.17) is 5.21 Å². The number of hydrogen-bond acceptors (Lipinski definition) is 4. The Balaban J connectivity index is 2.31. The molecular weight excluding hydrogens is 342 g/mol. The van der Waals surface area contributed by atoms with Crippen LogP contribution < -0.4 is 10.8 Å². The summed E-state index contributed by atoms with van der Waals surface area (Å²) in [6.45, 7) is 5.65. The highest BCUT2D eigenvalue weighted by Crippen LogP contribution is 2.26. The second kappa shape index (κ2) is 9.83. The zero-order chi connectivity index (χ0) is 19.8. The second-order valence-corrected chi connectivity index (χ2v) is 7.14. The molecule has 27 heavy (non-hydrogen) atoms. The summed E-state index contributed by atoms with van der Waals surface area (Å²) in [4.78, 5) is 29.2. The van der Waals surface area contributed by atoms with Crippen molar-refractivity contribution >= 4 is 11.8 Å².